The first-order valence-corrected chi connectivity index (χ1v) is 6.39. The van der Waals surface area contributed by atoms with Crippen LogP contribution in [0.5, 0.6) is 0 Å². The fourth-order valence-electron chi connectivity index (χ4n) is 1.52. The van der Waals surface area contributed by atoms with E-state index >= 15 is 0 Å². The molecule has 1 aliphatic rings. The molecule has 2 rings (SSSR count). The molecule has 0 bridgehead atoms. The van der Waals surface area contributed by atoms with Gasteiger partial charge in [-0.05, 0) is 56.8 Å². The largest absolute Gasteiger partial charge is 0.495 e. The lowest BCUT2D eigenvalue weighted by Gasteiger charge is -2.32. The van der Waals surface area contributed by atoms with Crippen molar-refractivity contribution in [3.63, 3.8) is 0 Å². The van der Waals surface area contributed by atoms with Gasteiger partial charge in [0.1, 0.15) is 0 Å². The standard InChI is InChI=1S/C14H23BO2S/c1-10(2)7-12-8-11(9-18-12)15-16-13(3,4)14(5,6)17-15/h8-10H,7H2,1-6H3/i1D3,2D3,7D2,8D,9D,10D. The van der Waals surface area contributed by atoms with Gasteiger partial charge in [0, 0.05) is 17.2 Å². The molecule has 0 atom stereocenters. The first-order valence-electron chi connectivity index (χ1n) is 11.1. The Bertz CT molecular complexity index is 767. The minimum atomic E-state index is -3.55. The average Bonchev–Trinajstić information content (AvgIpc) is 2.88. The Morgan fingerprint density at radius 2 is 2.06 bits per heavy atom. The third-order valence-corrected chi connectivity index (χ3v) is 3.97. The monoisotopic (exact) mass is 277 g/mol. The molecule has 0 spiro atoms. The summed E-state index contributed by atoms with van der Waals surface area (Å²) >= 11 is 0.418. The van der Waals surface area contributed by atoms with E-state index in [1.807, 2.05) is 0 Å². The zero-order valence-corrected chi connectivity index (χ0v) is 11.6. The van der Waals surface area contributed by atoms with E-state index in [0.717, 1.165) is 0 Å². The lowest BCUT2D eigenvalue weighted by Crippen LogP contribution is -2.41. The lowest BCUT2D eigenvalue weighted by molar-refractivity contribution is 0.00578. The Labute approximate surface area is 130 Å². The molecule has 1 fully saturated rings. The Kier molecular flexibility index (Phi) is 1.45. The molecule has 0 aliphatic carbocycles. The van der Waals surface area contributed by atoms with Gasteiger partial charge in [0.25, 0.3) is 0 Å². The Balaban J connectivity index is 2.65. The van der Waals surface area contributed by atoms with Crippen molar-refractivity contribution in [1.29, 1.82) is 0 Å². The predicted molar refractivity (Wildman–Crippen MR) is 78.6 cm³/mol. The maximum Gasteiger partial charge on any atom is 0.495 e. The SMILES string of the molecule is [2H]c1sc(C([2H])([2H])C([2H])(C([2H])([2H])[2H])C([2H])([2H])[2H])c([2H])c1B1OC(C)(C)C(C)(C)O1. The highest BCUT2D eigenvalue weighted by Gasteiger charge is 2.51. The number of hydrogen-bond acceptors (Lipinski definition) is 3. The van der Waals surface area contributed by atoms with Gasteiger partial charge in [0.2, 0.25) is 0 Å². The molecule has 18 heavy (non-hydrogen) atoms. The summed E-state index contributed by atoms with van der Waals surface area (Å²) in [7, 11) is -1.18. The molecule has 0 saturated carbocycles. The van der Waals surface area contributed by atoms with Crippen molar-refractivity contribution in [2.45, 2.75) is 59.0 Å². The molecule has 0 radical (unpaired) electrons. The maximum absolute atomic E-state index is 8.38. The van der Waals surface area contributed by atoms with Crippen molar-refractivity contribution in [1.82, 2.24) is 0 Å². The van der Waals surface area contributed by atoms with Crippen LogP contribution < -0.4 is 5.46 Å². The summed E-state index contributed by atoms with van der Waals surface area (Å²) in [5.41, 5.74) is -1.71. The third kappa shape index (κ3) is 2.66. The van der Waals surface area contributed by atoms with Crippen molar-refractivity contribution < 1.29 is 24.4 Å². The van der Waals surface area contributed by atoms with Crippen LogP contribution in [0.1, 0.15) is 61.4 Å². The van der Waals surface area contributed by atoms with Gasteiger partial charge in [-0.2, -0.15) is 0 Å². The van der Waals surface area contributed by atoms with Crippen molar-refractivity contribution in [2.24, 2.45) is 5.89 Å². The van der Waals surface area contributed by atoms with Crippen LogP contribution in [0.15, 0.2) is 11.4 Å². The van der Waals surface area contributed by atoms with Gasteiger partial charge in [-0.3, -0.25) is 0 Å². The van der Waals surface area contributed by atoms with Gasteiger partial charge < -0.3 is 9.31 Å². The lowest BCUT2D eigenvalue weighted by atomic mass is 9.81. The van der Waals surface area contributed by atoms with Crippen LogP contribution in [0.2, 0.25) is 0 Å². The summed E-state index contributed by atoms with van der Waals surface area (Å²) in [6.07, 6.45) is -3.27. The van der Waals surface area contributed by atoms with Crippen molar-refractivity contribution in [3.05, 3.63) is 16.3 Å². The smallest absolute Gasteiger partial charge is 0.399 e. The van der Waals surface area contributed by atoms with Gasteiger partial charge >= 0.3 is 7.12 Å². The average molecular weight is 277 g/mol. The Morgan fingerprint density at radius 3 is 2.61 bits per heavy atom. The van der Waals surface area contributed by atoms with E-state index in [0.29, 0.717) is 11.3 Å². The predicted octanol–water partition coefficient (Wildman–Crippen LogP) is 3.25. The Morgan fingerprint density at radius 1 is 1.44 bits per heavy atom. The van der Waals surface area contributed by atoms with Gasteiger partial charge in [0.15, 0.2) is 0 Å². The molecule has 1 aromatic rings. The molecule has 1 aliphatic heterocycles. The summed E-state index contributed by atoms with van der Waals surface area (Å²) in [6, 6.07) is -0.589. The molecule has 0 N–H and O–H groups in total. The molecular formula is C14H23BO2S. The molecule has 1 saturated heterocycles. The van der Waals surface area contributed by atoms with Gasteiger partial charge in [-0.1, -0.05) is 13.7 Å². The van der Waals surface area contributed by atoms with Crippen LogP contribution >= 0.6 is 11.3 Å². The summed E-state index contributed by atoms with van der Waals surface area (Å²) in [4.78, 5) is -0.630. The second-order valence-corrected chi connectivity index (χ2v) is 5.98. The zero-order chi connectivity index (χ0) is 23.0. The summed E-state index contributed by atoms with van der Waals surface area (Å²) in [5.74, 6) is -3.55. The van der Waals surface area contributed by atoms with E-state index in [9.17, 15) is 0 Å². The van der Waals surface area contributed by atoms with Crippen molar-refractivity contribution >= 4 is 23.9 Å². The summed E-state index contributed by atoms with van der Waals surface area (Å²) < 4.78 is 98.2. The van der Waals surface area contributed by atoms with E-state index in [1.165, 1.54) is 0 Å². The Hall–Kier alpha value is -0.315. The van der Waals surface area contributed by atoms with Crippen molar-refractivity contribution in [3.8, 4) is 0 Å². The minimum absolute atomic E-state index is 0.119. The molecular weight excluding hydrogens is 243 g/mol. The van der Waals surface area contributed by atoms with Crippen LogP contribution in [0, 0.1) is 5.89 Å². The fourth-order valence-corrected chi connectivity index (χ4v) is 2.19. The highest BCUT2D eigenvalue weighted by molar-refractivity contribution is 7.11. The van der Waals surface area contributed by atoms with Crippen LogP contribution in [-0.2, 0) is 15.7 Å². The normalized spacial score (nSPS) is 33.6. The van der Waals surface area contributed by atoms with Crippen LogP contribution in [0.25, 0.3) is 0 Å². The third-order valence-electron chi connectivity index (χ3n) is 3.24. The topological polar surface area (TPSA) is 18.5 Å². The summed E-state index contributed by atoms with van der Waals surface area (Å²) in [5, 5.41) is -0.314. The van der Waals surface area contributed by atoms with Crippen molar-refractivity contribution in [2.75, 3.05) is 0 Å². The van der Waals surface area contributed by atoms with Gasteiger partial charge in [0.05, 0.1) is 13.9 Å². The highest BCUT2D eigenvalue weighted by atomic mass is 32.1. The van der Waals surface area contributed by atoms with E-state index in [-0.39, 0.29) is 10.8 Å². The molecule has 4 heteroatoms. The zero-order valence-electron chi connectivity index (χ0n) is 21.8. The second-order valence-electron chi connectivity index (χ2n) is 5.16. The van der Waals surface area contributed by atoms with E-state index in [1.54, 1.807) is 27.7 Å². The second kappa shape index (κ2) is 4.66. The molecule has 0 amide bonds. The number of hydrogen-bond donors (Lipinski definition) is 0. The molecule has 2 heterocycles. The van der Waals surface area contributed by atoms with E-state index in [2.05, 4.69) is 0 Å². The van der Waals surface area contributed by atoms with Crippen LogP contribution in [0.4, 0.5) is 0 Å². The fraction of sp³-hybridized carbons (Fsp3) is 0.714. The van der Waals surface area contributed by atoms with Gasteiger partial charge in [-0.15, -0.1) is 11.3 Å². The maximum atomic E-state index is 8.38. The van der Waals surface area contributed by atoms with E-state index < -0.39 is 55.2 Å². The first kappa shape index (κ1) is 5.59. The van der Waals surface area contributed by atoms with Gasteiger partial charge in [-0.25, -0.2) is 0 Å². The number of rotatable bonds is 3. The number of thiophene rings is 1. The van der Waals surface area contributed by atoms with Crippen LogP contribution in [-0.4, -0.2) is 18.3 Å². The minimum Gasteiger partial charge on any atom is -0.399 e. The molecule has 0 aromatic carbocycles. The molecule has 1 aromatic heterocycles. The van der Waals surface area contributed by atoms with E-state index in [4.69, 9.17) is 24.4 Å². The molecule has 0 unspecified atom stereocenters. The first-order chi connectivity index (χ1) is 12.6. The molecule has 2 nitrogen and oxygen atoms in total. The molecule has 100 valence electrons. The quantitative estimate of drug-likeness (QED) is 0.790. The summed E-state index contributed by atoms with van der Waals surface area (Å²) in [6.45, 7) is -0.0265. The highest BCUT2D eigenvalue weighted by Crippen LogP contribution is 2.36. The van der Waals surface area contributed by atoms with Crippen LogP contribution in [0.3, 0.4) is 0 Å².